The van der Waals surface area contributed by atoms with Gasteiger partial charge in [0.05, 0.1) is 6.54 Å². The molecule has 2 aliphatic heterocycles. The summed E-state index contributed by atoms with van der Waals surface area (Å²) in [5, 5.41) is 7.79. The molecule has 1 saturated carbocycles. The van der Waals surface area contributed by atoms with Gasteiger partial charge in [-0.1, -0.05) is 0 Å². The number of hydrogen-bond acceptors (Lipinski definition) is 3. The first-order valence-electron chi connectivity index (χ1n) is 6.15. The van der Waals surface area contributed by atoms with Gasteiger partial charge in [-0.2, -0.15) is 0 Å². The molecule has 0 radical (unpaired) electrons. The van der Waals surface area contributed by atoms with Crippen molar-refractivity contribution in [3.05, 3.63) is 0 Å². The Kier molecular flexibility index (Phi) is 2.41. The van der Waals surface area contributed by atoms with Gasteiger partial charge in [0.25, 0.3) is 0 Å². The van der Waals surface area contributed by atoms with Crippen LogP contribution in [0.2, 0.25) is 0 Å². The summed E-state index contributed by atoms with van der Waals surface area (Å²) in [5.41, 5.74) is 0. The molecule has 0 bridgehead atoms. The molecule has 1 N–H and O–H groups in total. The first-order valence-corrected chi connectivity index (χ1v) is 6.15. The van der Waals surface area contributed by atoms with Crippen molar-refractivity contribution in [1.82, 2.24) is 15.3 Å². The third kappa shape index (κ3) is 1.88. The molecule has 4 heteroatoms. The molecule has 15 heavy (non-hydrogen) atoms. The first kappa shape index (κ1) is 9.60. The van der Waals surface area contributed by atoms with Crippen molar-refractivity contribution in [3.63, 3.8) is 0 Å². The summed E-state index contributed by atoms with van der Waals surface area (Å²) in [6, 6.07) is 1.21. The van der Waals surface area contributed by atoms with Crippen molar-refractivity contribution in [3.8, 4) is 0 Å². The zero-order chi connectivity index (χ0) is 10.3. The molecule has 1 amide bonds. The minimum atomic E-state index is 0.329. The monoisotopic (exact) mass is 209 g/mol. The maximum Gasteiger partial charge on any atom is 0.238 e. The average Bonchev–Trinajstić information content (AvgIpc) is 2.82. The van der Waals surface area contributed by atoms with Crippen molar-refractivity contribution in [2.24, 2.45) is 0 Å². The Morgan fingerprint density at radius 3 is 2.87 bits per heavy atom. The van der Waals surface area contributed by atoms with Gasteiger partial charge in [0.1, 0.15) is 0 Å². The van der Waals surface area contributed by atoms with Gasteiger partial charge in [0, 0.05) is 25.0 Å². The van der Waals surface area contributed by atoms with Gasteiger partial charge < -0.3 is 5.32 Å². The van der Waals surface area contributed by atoms with Crippen LogP contribution in [0.1, 0.15) is 32.1 Å². The minimum Gasteiger partial charge on any atom is -0.312 e. The topological polar surface area (TPSA) is 35.6 Å². The van der Waals surface area contributed by atoms with Gasteiger partial charge in [0.2, 0.25) is 5.91 Å². The van der Waals surface area contributed by atoms with Crippen molar-refractivity contribution in [2.75, 3.05) is 19.6 Å². The highest BCUT2D eigenvalue weighted by Crippen LogP contribution is 2.31. The second kappa shape index (κ2) is 3.76. The summed E-state index contributed by atoms with van der Waals surface area (Å²) >= 11 is 0. The Balaban J connectivity index is 1.62. The van der Waals surface area contributed by atoms with E-state index in [4.69, 9.17) is 0 Å². The number of carbonyl (C=O) groups excluding carboxylic acids is 1. The molecule has 1 atom stereocenters. The molecule has 3 aliphatic rings. The van der Waals surface area contributed by atoms with Crippen LogP contribution in [0.3, 0.4) is 0 Å². The van der Waals surface area contributed by atoms with Crippen molar-refractivity contribution in [2.45, 2.75) is 44.2 Å². The molecule has 4 nitrogen and oxygen atoms in total. The number of nitrogens with one attached hydrogen (secondary N) is 1. The highest BCUT2D eigenvalue weighted by molar-refractivity contribution is 5.77. The van der Waals surface area contributed by atoms with E-state index in [1.54, 1.807) is 0 Å². The lowest BCUT2D eigenvalue weighted by Gasteiger charge is -2.30. The fourth-order valence-corrected chi connectivity index (χ4v) is 2.68. The highest BCUT2D eigenvalue weighted by atomic mass is 16.2. The normalized spacial score (nSPS) is 32.9. The molecule has 2 saturated heterocycles. The number of rotatable bonds is 3. The molecule has 1 unspecified atom stereocenters. The van der Waals surface area contributed by atoms with E-state index in [1.165, 1.54) is 25.7 Å². The fraction of sp³-hybridized carbons (Fsp3) is 0.909. The third-order valence-electron chi connectivity index (χ3n) is 3.68. The van der Waals surface area contributed by atoms with Crippen LogP contribution < -0.4 is 5.32 Å². The number of nitrogens with zero attached hydrogens (tertiary/aromatic N) is 2. The van der Waals surface area contributed by atoms with E-state index in [0.29, 0.717) is 18.0 Å². The smallest absolute Gasteiger partial charge is 0.238 e. The number of carbonyl (C=O) groups is 1. The van der Waals surface area contributed by atoms with Crippen LogP contribution in [0.4, 0.5) is 0 Å². The summed E-state index contributed by atoms with van der Waals surface area (Å²) in [5.74, 6) is 0.329. The molecule has 84 valence electrons. The molecule has 2 heterocycles. The summed E-state index contributed by atoms with van der Waals surface area (Å²) in [6.45, 7) is 2.97. The average molecular weight is 209 g/mol. The van der Waals surface area contributed by atoms with Crippen LogP contribution in [0.25, 0.3) is 0 Å². The van der Waals surface area contributed by atoms with Crippen LogP contribution in [-0.4, -0.2) is 47.6 Å². The maximum absolute atomic E-state index is 11.8. The zero-order valence-corrected chi connectivity index (χ0v) is 9.11. The summed E-state index contributed by atoms with van der Waals surface area (Å²) in [4.78, 5) is 11.8. The Morgan fingerprint density at radius 1 is 1.33 bits per heavy atom. The summed E-state index contributed by atoms with van der Waals surface area (Å²) in [6.07, 6.45) is 5.77. The quantitative estimate of drug-likeness (QED) is 0.728. The van der Waals surface area contributed by atoms with E-state index < -0.39 is 0 Å². The van der Waals surface area contributed by atoms with Crippen LogP contribution in [0, 0.1) is 0 Å². The Hall–Kier alpha value is -0.610. The van der Waals surface area contributed by atoms with Crippen molar-refractivity contribution >= 4 is 5.91 Å². The molecule has 3 fully saturated rings. The summed E-state index contributed by atoms with van der Waals surface area (Å²) in [7, 11) is 0. The highest BCUT2D eigenvalue weighted by Gasteiger charge is 2.40. The lowest BCUT2D eigenvalue weighted by Crippen LogP contribution is -2.46. The van der Waals surface area contributed by atoms with Gasteiger partial charge in [0.15, 0.2) is 0 Å². The second-order valence-corrected chi connectivity index (χ2v) is 4.91. The molecule has 0 aromatic carbocycles. The predicted molar refractivity (Wildman–Crippen MR) is 57.1 cm³/mol. The molecule has 1 aliphatic carbocycles. The Bertz CT molecular complexity index is 259. The largest absolute Gasteiger partial charge is 0.312 e. The van der Waals surface area contributed by atoms with Crippen molar-refractivity contribution < 1.29 is 4.79 Å². The van der Waals surface area contributed by atoms with Gasteiger partial charge in [-0.05, 0) is 32.2 Å². The Labute approximate surface area is 90.6 Å². The molecular weight excluding hydrogens is 190 g/mol. The van der Waals surface area contributed by atoms with E-state index in [0.717, 1.165) is 26.1 Å². The first-order chi connectivity index (χ1) is 7.34. The minimum absolute atomic E-state index is 0.329. The van der Waals surface area contributed by atoms with Gasteiger partial charge >= 0.3 is 0 Å². The molecule has 0 aromatic heterocycles. The lowest BCUT2D eigenvalue weighted by molar-refractivity contribution is -0.139. The summed E-state index contributed by atoms with van der Waals surface area (Å²) < 4.78 is 0. The number of amides is 1. The second-order valence-electron chi connectivity index (χ2n) is 4.91. The SMILES string of the molecule is O=C1CCN(C2CC2)N1CC1CCCN1. The zero-order valence-electron chi connectivity index (χ0n) is 9.11. The standard InChI is InChI=1S/C11H19N3O/c15-11-5-7-13(10-3-4-10)14(11)8-9-2-1-6-12-9/h9-10,12H,1-8H2. The van der Waals surface area contributed by atoms with E-state index in [9.17, 15) is 4.79 Å². The predicted octanol–water partition coefficient (Wildman–Crippen LogP) is 0.350. The number of hydrazine groups is 1. The van der Waals surface area contributed by atoms with E-state index in [1.807, 2.05) is 5.01 Å². The third-order valence-corrected chi connectivity index (χ3v) is 3.68. The van der Waals surface area contributed by atoms with Gasteiger partial charge in [-0.25, -0.2) is 5.01 Å². The van der Waals surface area contributed by atoms with Crippen LogP contribution in [-0.2, 0) is 4.79 Å². The maximum atomic E-state index is 11.8. The van der Waals surface area contributed by atoms with Crippen LogP contribution >= 0.6 is 0 Å². The van der Waals surface area contributed by atoms with Gasteiger partial charge in [-0.3, -0.25) is 9.80 Å². The van der Waals surface area contributed by atoms with E-state index >= 15 is 0 Å². The van der Waals surface area contributed by atoms with Gasteiger partial charge in [-0.15, -0.1) is 0 Å². The van der Waals surface area contributed by atoms with E-state index in [2.05, 4.69) is 10.3 Å². The number of hydrogen-bond donors (Lipinski definition) is 1. The fourth-order valence-electron chi connectivity index (χ4n) is 2.68. The molecule has 0 aromatic rings. The van der Waals surface area contributed by atoms with Crippen LogP contribution in [0.5, 0.6) is 0 Å². The van der Waals surface area contributed by atoms with Crippen LogP contribution in [0.15, 0.2) is 0 Å². The molecule has 0 spiro atoms. The lowest BCUT2D eigenvalue weighted by atomic mass is 10.2. The van der Waals surface area contributed by atoms with Crippen molar-refractivity contribution in [1.29, 1.82) is 0 Å². The Morgan fingerprint density at radius 2 is 2.20 bits per heavy atom. The molecule has 3 rings (SSSR count). The van der Waals surface area contributed by atoms with E-state index in [-0.39, 0.29) is 0 Å². The molecular formula is C11H19N3O.